The van der Waals surface area contributed by atoms with Gasteiger partial charge in [-0.3, -0.25) is 4.90 Å². The number of likely N-dealkylation sites (tertiary alicyclic amines) is 1. The number of hydrogen-bond acceptors (Lipinski definition) is 4. The van der Waals surface area contributed by atoms with Crippen LogP contribution in [0, 0.1) is 0 Å². The Bertz CT molecular complexity index is 520. The molecule has 0 radical (unpaired) electrons. The topological polar surface area (TPSA) is 50.8 Å². The van der Waals surface area contributed by atoms with Gasteiger partial charge in [0.1, 0.15) is 18.0 Å². The number of amides is 1. The van der Waals surface area contributed by atoms with Crippen LogP contribution in [0.3, 0.4) is 0 Å². The van der Waals surface area contributed by atoms with E-state index in [-0.39, 0.29) is 12.1 Å². The molecule has 24 heavy (non-hydrogen) atoms. The Morgan fingerprint density at radius 3 is 2.46 bits per heavy atom. The number of benzene rings is 1. The highest BCUT2D eigenvalue weighted by Crippen LogP contribution is 2.16. The van der Waals surface area contributed by atoms with Crippen LogP contribution in [-0.4, -0.2) is 48.9 Å². The Hall–Kier alpha value is -1.27. The molecule has 1 N–H and O–H groups in total. The summed E-state index contributed by atoms with van der Waals surface area (Å²) < 4.78 is 12.1. The van der Waals surface area contributed by atoms with Gasteiger partial charge in [0.15, 0.2) is 0 Å². The number of nitrogens with one attached hydrogen (secondary N) is 1. The molecule has 0 aromatic heterocycles. The molecule has 1 aliphatic heterocycles. The maximum atomic E-state index is 11.8. The van der Waals surface area contributed by atoms with E-state index < -0.39 is 5.60 Å². The molecule has 5 nitrogen and oxygen atoms in total. The smallest absolute Gasteiger partial charge is 0.407 e. The van der Waals surface area contributed by atoms with Crippen LogP contribution in [0.5, 0.6) is 5.75 Å². The van der Waals surface area contributed by atoms with Crippen molar-refractivity contribution in [3.63, 3.8) is 0 Å². The van der Waals surface area contributed by atoms with E-state index in [1.165, 1.54) is 0 Å². The number of piperidine rings is 1. The average Bonchev–Trinajstić information content (AvgIpc) is 2.49. The van der Waals surface area contributed by atoms with Gasteiger partial charge in [0.2, 0.25) is 0 Å². The Morgan fingerprint density at radius 1 is 1.25 bits per heavy atom. The molecule has 6 heteroatoms. The van der Waals surface area contributed by atoms with Gasteiger partial charge in [0.25, 0.3) is 0 Å². The SMILES string of the molecule is CC(C)(C)OC(=O)NC1CCN(CCOc2ccc(Br)cc2)CC1. The lowest BCUT2D eigenvalue weighted by Crippen LogP contribution is -2.46. The predicted octanol–water partition coefficient (Wildman–Crippen LogP) is 3.82. The molecular weight excluding hydrogens is 372 g/mol. The van der Waals surface area contributed by atoms with E-state index in [0.29, 0.717) is 6.61 Å². The molecule has 134 valence electrons. The highest BCUT2D eigenvalue weighted by Gasteiger charge is 2.23. The number of rotatable bonds is 5. The summed E-state index contributed by atoms with van der Waals surface area (Å²) in [7, 11) is 0. The summed E-state index contributed by atoms with van der Waals surface area (Å²) >= 11 is 3.41. The number of carbonyl (C=O) groups excluding carboxylic acids is 1. The predicted molar refractivity (Wildman–Crippen MR) is 98.5 cm³/mol. The molecule has 1 amide bonds. The molecular formula is C18H27BrN2O3. The van der Waals surface area contributed by atoms with Crippen molar-refractivity contribution in [2.75, 3.05) is 26.2 Å². The molecule has 1 heterocycles. The number of ether oxygens (including phenoxy) is 2. The summed E-state index contributed by atoms with van der Waals surface area (Å²) in [5.74, 6) is 0.889. The second-order valence-electron chi connectivity index (χ2n) is 7.06. The zero-order valence-corrected chi connectivity index (χ0v) is 16.3. The Balaban J connectivity index is 1.62. The second kappa shape index (κ2) is 8.72. The van der Waals surface area contributed by atoms with Gasteiger partial charge in [-0.15, -0.1) is 0 Å². The fourth-order valence-corrected chi connectivity index (χ4v) is 2.86. The third-order valence-corrected chi connectivity index (χ3v) is 4.33. The molecule has 0 atom stereocenters. The molecule has 1 aliphatic rings. The minimum absolute atomic E-state index is 0.198. The molecule has 0 spiro atoms. The average molecular weight is 399 g/mol. The van der Waals surface area contributed by atoms with Gasteiger partial charge in [-0.1, -0.05) is 15.9 Å². The summed E-state index contributed by atoms with van der Waals surface area (Å²) in [5, 5.41) is 2.96. The van der Waals surface area contributed by atoms with Crippen molar-refractivity contribution < 1.29 is 14.3 Å². The Kier molecular flexibility index (Phi) is 6.92. The van der Waals surface area contributed by atoms with Crippen LogP contribution >= 0.6 is 15.9 Å². The van der Waals surface area contributed by atoms with E-state index in [2.05, 4.69) is 26.1 Å². The van der Waals surface area contributed by atoms with Crippen molar-refractivity contribution in [2.45, 2.75) is 45.3 Å². The van der Waals surface area contributed by atoms with Gasteiger partial charge in [-0.05, 0) is 57.9 Å². The van der Waals surface area contributed by atoms with Crippen molar-refractivity contribution in [2.24, 2.45) is 0 Å². The van der Waals surface area contributed by atoms with Crippen LogP contribution < -0.4 is 10.1 Å². The summed E-state index contributed by atoms with van der Waals surface area (Å²) in [4.78, 5) is 14.2. The standard InChI is InChI=1S/C18H27BrN2O3/c1-18(2,3)24-17(22)20-15-8-10-21(11-9-15)12-13-23-16-6-4-14(19)5-7-16/h4-7,15H,8-13H2,1-3H3,(H,20,22). The zero-order chi connectivity index (χ0) is 17.6. The first kappa shape index (κ1) is 19.1. The highest BCUT2D eigenvalue weighted by atomic mass is 79.9. The van der Waals surface area contributed by atoms with Gasteiger partial charge in [0, 0.05) is 30.1 Å². The molecule has 1 aromatic rings. The summed E-state index contributed by atoms with van der Waals surface area (Å²) in [6.07, 6.45) is 1.56. The van der Waals surface area contributed by atoms with Gasteiger partial charge in [-0.2, -0.15) is 0 Å². The number of alkyl carbamates (subject to hydrolysis) is 1. The molecule has 0 unspecified atom stereocenters. The van der Waals surface area contributed by atoms with Gasteiger partial charge >= 0.3 is 6.09 Å². The van der Waals surface area contributed by atoms with Crippen molar-refractivity contribution in [3.8, 4) is 5.75 Å². The first-order valence-electron chi connectivity index (χ1n) is 8.42. The van der Waals surface area contributed by atoms with E-state index in [1.54, 1.807) is 0 Å². The van der Waals surface area contributed by atoms with E-state index in [4.69, 9.17) is 9.47 Å². The number of nitrogens with zero attached hydrogens (tertiary/aromatic N) is 1. The van der Waals surface area contributed by atoms with Crippen LogP contribution in [0.2, 0.25) is 0 Å². The minimum atomic E-state index is -0.449. The Labute approximate surface area is 152 Å². The van der Waals surface area contributed by atoms with Crippen LogP contribution in [0.1, 0.15) is 33.6 Å². The second-order valence-corrected chi connectivity index (χ2v) is 7.98. The molecule has 0 saturated carbocycles. The molecule has 1 aromatic carbocycles. The van der Waals surface area contributed by atoms with Crippen molar-refractivity contribution in [3.05, 3.63) is 28.7 Å². The monoisotopic (exact) mass is 398 g/mol. The van der Waals surface area contributed by atoms with Crippen molar-refractivity contribution in [1.29, 1.82) is 0 Å². The molecule has 0 bridgehead atoms. The van der Waals surface area contributed by atoms with Gasteiger partial charge in [0.05, 0.1) is 0 Å². The normalized spacial score (nSPS) is 16.7. The summed E-state index contributed by atoms with van der Waals surface area (Å²) in [5.41, 5.74) is -0.449. The lowest BCUT2D eigenvalue weighted by atomic mass is 10.1. The van der Waals surface area contributed by atoms with Crippen molar-refractivity contribution in [1.82, 2.24) is 10.2 Å². The van der Waals surface area contributed by atoms with E-state index in [0.717, 1.165) is 42.7 Å². The first-order valence-corrected chi connectivity index (χ1v) is 9.21. The summed E-state index contributed by atoms with van der Waals surface area (Å²) in [6, 6.07) is 8.07. The maximum absolute atomic E-state index is 11.8. The molecule has 1 saturated heterocycles. The largest absolute Gasteiger partial charge is 0.492 e. The first-order chi connectivity index (χ1) is 11.3. The van der Waals surface area contributed by atoms with Crippen LogP contribution in [0.15, 0.2) is 28.7 Å². The van der Waals surface area contributed by atoms with E-state index in [1.807, 2.05) is 45.0 Å². The van der Waals surface area contributed by atoms with Crippen LogP contribution in [-0.2, 0) is 4.74 Å². The third-order valence-electron chi connectivity index (χ3n) is 3.80. The van der Waals surface area contributed by atoms with Gasteiger partial charge < -0.3 is 14.8 Å². The van der Waals surface area contributed by atoms with E-state index >= 15 is 0 Å². The fraction of sp³-hybridized carbons (Fsp3) is 0.611. The fourth-order valence-electron chi connectivity index (χ4n) is 2.60. The minimum Gasteiger partial charge on any atom is -0.492 e. The highest BCUT2D eigenvalue weighted by molar-refractivity contribution is 9.10. The zero-order valence-electron chi connectivity index (χ0n) is 14.7. The van der Waals surface area contributed by atoms with Gasteiger partial charge in [-0.25, -0.2) is 4.79 Å². The molecule has 0 aliphatic carbocycles. The molecule has 2 rings (SSSR count). The molecule has 1 fully saturated rings. The lowest BCUT2D eigenvalue weighted by Gasteiger charge is -2.32. The van der Waals surface area contributed by atoms with Crippen LogP contribution in [0.25, 0.3) is 0 Å². The Morgan fingerprint density at radius 2 is 1.88 bits per heavy atom. The maximum Gasteiger partial charge on any atom is 0.407 e. The number of halogens is 1. The quantitative estimate of drug-likeness (QED) is 0.818. The third kappa shape index (κ3) is 7.09. The number of carbonyl (C=O) groups is 1. The van der Waals surface area contributed by atoms with Crippen molar-refractivity contribution >= 4 is 22.0 Å². The number of hydrogen-bond donors (Lipinski definition) is 1. The summed E-state index contributed by atoms with van der Waals surface area (Å²) in [6.45, 7) is 9.12. The lowest BCUT2D eigenvalue weighted by molar-refractivity contribution is 0.0476. The van der Waals surface area contributed by atoms with E-state index in [9.17, 15) is 4.79 Å². The van der Waals surface area contributed by atoms with Crippen LogP contribution in [0.4, 0.5) is 4.79 Å².